The lowest BCUT2D eigenvalue weighted by atomic mass is 10.0. The van der Waals surface area contributed by atoms with Gasteiger partial charge in [0.2, 0.25) is 0 Å². The van der Waals surface area contributed by atoms with E-state index in [1.807, 2.05) is 0 Å². The molecule has 0 saturated heterocycles. The van der Waals surface area contributed by atoms with Crippen molar-refractivity contribution in [3.05, 3.63) is 71.6 Å². The van der Waals surface area contributed by atoms with Gasteiger partial charge in [-0.3, -0.25) is 9.89 Å². The first-order valence-electron chi connectivity index (χ1n) is 7.01. The van der Waals surface area contributed by atoms with Crippen molar-refractivity contribution in [1.29, 1.82) is 0 Å². The van der Waals surface area contributed by atoms with Crippen LogP contribution in [0.3, 0.4) is 0 Å². The summed E-state index contributed by atoms with van der Waals surface area (Å²) in [6.45, 7) is 8.39. The number of nitrogens with one attached hydrogen (secondary N) is 1. The molecule has 0 saturated carbocycles. The SMILES string of the molecule is C=C1NC(=NC)c2ccc(C)cc2N1c1ccccc1C. The molecule has 21 heavy (non-hydrogen) atoms. The summed E-state index contributed by atoms with van der Waals surface area (Å²) in [7, 11) is 1.79. The molecule has 1 aliphatic heterocycles. The molecule has 0 radical (unpaired) electrons. The number of fused-ring (bicyclic) bond motifs is 1. The molecule has 3 heteroatoms. The topological polar surface area (TPSA) is 27.6 Å². The standard InChI is InChI=1S/C18H19N3/c1-12-9-10-15-17(11-12)21(14(3)20-18(15)19-4)16-8-6-5-7-13(16)2/h5-11H,3H2,1-2,4H3,(H,19,20). The van der Waals surface area contributed by atoms with Crippen molar-refractivity contribution in [2.75, 3.05) is 11.9 Å². The molecule has 3 rings (SSSR count). The van der Waals surface area contributed by atoms with E-state index >= 15 is 0 Å². The third-order valence-electron chi connectivity index (χ3n) is 3.76. The summed E-state index contributed by atoms with van der Waals surface area (Å²) in [6, 6.07) is 14.7. The van der Waals surface area contributed by atoms with Crippen molar-refractivity contribution < 1.29 is 0 Å². The van der Waals surface area contributed by atoms with E-state index < -0.39 is 0 Å². The number of anilines is 2. The largest absolute Gasteiger partial charge is 0.326 e. The molecule has 0 amide bonds. The van der Waals surface area contributed by atoms with Gasteiger partial charge in [-0.1, -0.05) is 30.8 Å². The quantitative estimate of drug-likeness (QED) is 0.856. The molecule has 3 nitrogen and oxygen atoms in total. The van der Waals surface area contributed by atoms with Crippen molar-refractivity contribution in [2.45, 2.75) is 13.8 Å². The highest BCUT2D eigenvalue weighted by Crippen LogP contribution is 2.36. The van der Waals surface area contributed by atoms with Crippen LogP contribution >= 0.6 is 0 Å². The maximum absolute atomic E-state index is 4.34. The van der Waals surface area contributed by atoms with Crippen LogP contribution in [-0.2, 0) is 0 Å². The first kappa shape index (κ1) is 13.4. The molecule has 0 bridgehead atoms. The Bertz CT molecular complexity index is 744. The summed E-state index contributed by atoms with van der Waals surface area (Å²) in [5, 5.41) is 3.30. The molecule has 0 aromatic heterocycles. The molecule has 0 atom stereocenters. The number of amidine groups is 1. The number of aryl methyl sites for hydroxylation is 2. The highest BCUT2D eigenvalue weighted by molar-refractivity contribution is 6.08. The number of benzene rings is 2. The molecule has 0 unspecified atom stereocenters. The van der Waals surface area contributed by atoms with E-state index in [2.05, 4.69) is 78.1 Å². The van der Waals surface area contributed by atoms with Gasteiger partial charge in [0.25, 0.3) is 0 Å². The van der Waals surface area contributed by atoms with Crippen LogP contribution in [0.15, 0.2) is 59.9 Å². The Kier molecular flexibility index (Phi) is 3.26. The lowest BCUT2D eigenvalue weighted by Gasteiger charge is -2.35. The minimum atomic E-state index is 0.822. The van der Waals surface area contributed by atoms with Gasteiger partial charge in [-0.05, 0) is 43.2 Å². The predicted molar refractivity (Wildman–Crippen MR) is 89.2 cm³/mol. The Morgan fingerprint density at radius 3 is 2.52 bits per heavy atom. The van der Waals surface area contributed by atoms with E-state index in [4.69, 9.17) is 0 Å². The van der Waals surface area contributed by atoms with Crippen LogP contribution in [0.2, 0.25) is 0 Å². The zero-order valence-electron chi connectivity index (χ0n) is 12.6. The highest BCUT2D eigenvalue weighted by Gasteiger charge is 2.26. The van der Waals surface area contributed by atoms with Gasteiger partial charge in [-0.15, -0.1) is 0 Å². The van der Waals surface area contributed by atoms with E-state index in [1.54, 1.807) is 7.05 Å². The number of hydrogen-bond donors (Lipinski definition) is 1. The van der Waals surface area contributed by atoms with E-state index in [-0.39, 0.29) is 0 Å². The van der Waals surface area contributed by atoms with Crippen LogP contribution in [0.1, 0.15) is 16.7 Å². The fourth-order valence-electron chi connectivity index (χ4n) is 2.70. The molecule has 1 N–H and O–H groups in total. The third kappa shape index (κ3) is 2.21. The fourth-order valence-corrected chi connectivity index (χ4v) is 2.70. The van der Waals surface area contributed by atoms with Gasteiger partial charge in [0.1, 0.15) is 11.7 Å². The van der Waals surface area contributed by atoms with E-state index in [0.717, 1.165) is 28.6 Å². The maximum Gasteiger partial charge on any atom is 0.135 e. The van der Waals surface area contributed by atoms with Gasteiger partial charge >= 0.3 is 0 Å². The van der Waals surface area contributed by atoms with Crippen LogP contribution in [-0.4, -0.2) is 12.9 Å². The lowest BCUT2D eigenvalue weighted by molar-refractivity contribution is 0.984. The summed E-state index contributed by atoms with van der Waals surface area (Å²) in [4.78, 5) is 6.50. The van der Waals surface area contributed by atoms with Crippen LogP contribution in [0, 0.1) is 13.8 Å². The number of hydrogen-bond acceptors (Lipinski definition) is 2. The zero-order chi connectivity index (χ0) is 15.0. The predicted octanol–water partition coefficient (Wildman–Crippen LogP) is 3.89. The van der Waals surface area contributed by atoms with Crippen LogP contribution in [0.25, 0.3) is 0 Å². The van der Waals surface area contributed by atoms with Crippen LogP contribution in [0.5, 0.6) is 0 Å². The van der Waals surface area contributed by atoms with Crippen molar-refractivity contribution in [2.24, 2.45) is 4.99 Å². The van der Waals surface area contributed by atoms with E-state index in [9.17, 15) is 0 Å². The Morgan fingerprint density at radius 1 is 1.05 bits per heavy atom. The van der Waals surface area contributed by atoms with Gasteiger partial charge in [0, 0.05) is 12.6 Å². The minimum absolute atomic E-state index is 0.822. The average molecular weight is 277 g/mol. The Balaban J connectivity index is 2.25. The molecule has 2 aromatic rings. The first-order valence-corrected chi connectivity index (χ1v) is 7.01. The zero-order valence-corrected chi connectivity index (χ0v) is 12.6. The van der Waals surface area contributed by atoms with Crippen molar-refractivity contribution in [3.8, 4) is 0 Å². The van der Waals surface area contributed by atoms with Crippen molar-refractivity contribution >= 4 is 17.2 Å². The molecular weight excluding hydrogens is 258 g/mol. The Morgan fingerprint density at radius 2 is 1.81 bits per heavy atom. The second-order valence-corrected chi connectivity index (χ2v) is 5.29. The minimum Gasteiger partial charge on any atom is -0.326 e. The maximum atomic E-state index is 4.34. The third-order valence-corrected chi connectivity index (χ3v) is 3.76. The first-order chi connectivity index (χ1) is 10.1. The molecule has 0 spiro atoms. The van der Waals surface area contributed by atoms with E-state index in [0.29, 0.717) is 0 Å². The monoisotopic (exact) mass is 277 g/mol. The lowest BCUT2D eigenvalue weighted by Crippen LogP contribution is -2.39. The molecular formula is C18H19N3. The number of rotatable bonds is 1. The van der Waals surface area contributed by atoms with Gasteiger partial charge in [0.15, 0.2) is 0 Å². The van der Waals surface area contributed by atoms with Crippen LogP contribution in [0.4, 0.5) is 11.4 Å². The van der Waals surface area contributed by atoms with Crippen molar-refractivity contribution in [3.63, 3.8) is 0 Å². The number of para-hydroxylation sites is 1. The van der Waals surface area contributed by atoms with Crippen LogP contribution < -0.4 is 10.2 Å². The Hall–Kier alpha value is -2.55. The highest BCUT2D eigenvalue weighted by atomic mass is 15.3. The molecule has 106 valence electrons. The summed E-state index contributed by atoms with van der Waals surface area (Å²) in [5.41, 5.74) is 5.78. The Labute approximate surface area is 125 Å². The number of nitrogens with zero attached hydrogens (tertiary/aromatic N) is 2. The summed E-state index contributed by atoms with van der Waals surface area (Å²) < 4.78 is 0. The fraction of sp³-hybridized carbons (Fsp3) is 0.167. The average Bonchev–Trinajstić information content (AvgIpc) is 2.47. The summed E-state index contributed by atoms with van der Waals surface area (Å²) >= 11 is 0. The van der Waals surface area contributed by atoms with Crippen molar-refractivity contribution in [1.82, 2.24) is 5.32 Å². The summed E-state index contributed by atoms with van der Waals surface area (Å²) in [6.07, 6.45) is 0. The molecule has 1 aliphatic rings. The second-order valence-electron chi connectivity index (χ2n) is 5.29. The van der Waals surface area contributed by atoms with E-state index in [1.165, 1.54) is 11.1 Å². The smallest absolute Gasteiger partial charge is 0.135 e. The van der Waals surface area contributed by atoms with Gasteiger partial charge in [-0.25, -0.2) is 0 Å². The molecule has 1 heterocycles. The molecule has 2 aromatic carbocycles. The van der Waals surface area contributed by atoms with Gasteiger partial charge < -0.3 is 5.32 Å². The normalized spacial score (nSPS) is 15.9. The van der Waals surface area contributed by atoms with Gasteiger partial charge in [-0.2, -0.15) is 0 Å². The van der Waals surface area contributed by atoms with Gasteiger partial charge in [0.05, 0.1) is 11.4 Å². The number of aliphatic imine (C=N–C) groups is 1. The molecule has 0 fully saturated rings. The summed E-state index contributed by atoms with van der Waals surface area (Å²) in [5.74, 6) is 1.68. The second kappa shape index (κ2) is 5.09. The molecule has 0 aliphatic carbocycles.